The molecule has 0 aliphatic carbocycles. The lowest BCUT2D eigenvalue weighted by Gasteiger charge is -2.28. The molecule has 34 heavy (non-hydrogen) atoms. The van der Waals surface area contributed by atoms with Gasteiger partial charge in [0.25, 0.3) is 0 Å². The number of aryl methyl sites for hydroxylation is 2. The van der Waals surface area contributed by atoms with Crippen LogP contribution in [-0.2, 0) is 0 Å². The topological polar surface area (TPSA) is 42.3 Å². The molecule has 1 N–H and O–H groups in total. The maximum absolute atomic E-state index is 5.88. The Bertz CT molecular complexity index is 1330. The average molecular weight is 469 g/mol. The minimum Gasteiger partial charge on any atom is -0.497 e. The highest BCUT2D eigenvalue weighted by Crippen LogP contribution is 2.44. The van der Waals surface area contributed by atoms with Crippen LogP contribution in [0.4, 0.5) is 5.69 Å². The van der Waals surface area contributed by atoms with Crippen molar-refractivity contribution in [2.45, 2.75) is 32.9 Å². The molecule has 0 unspecified atom stereocenters. The SMILES string of the molecule is COc1ccc(N2C(=S)N[C@H](c3ccccn3)[C@@H]2c2cc(C)n(-c3cccc(C)c3)c2C)cc1. The van der Waals surface area contributed by atoms with E-state index >= 15 is 0 Å². The first-order valence-electron chi connectivity index (χ1n) is 11.4. The summed E-state index contributed by atoms with van der Waals surface area (Å²) < 4.78 is 7.70. The second-order valence-corrected chi connectivity index (χ2v) is 9.08. The van der Waals surface area contributed by atoms with Crippen LogP contribution >= 0.6 is 12.2 Å². The quantitative estimate of drug-likeness (QED) is 0.365. The van der Waals surface area contributed by atoms with Crippen molar-refractivity contribution in [2.24, 2.45) is 0 Å². The highest BCUT2D eigenvalue weighted by atomic mass is 32.1. The number of ether oxygens (including phenoxy) is 1. The predicted molar refractivity (Wildman–Crippen MR) is 141 cm³/mol. The van der Waals surface area contributed by atoms with Gasteiger partial charge in [-0.2, -0.15) is 0 Å². The molecule has 0 amide bonds. The first kappa shape index (κ1) is 22.2. The number of benzene rings is 2. The monoisotopic (exact) mass is 468 g/mol. The van der Waals surface area contributed by atoms with Crippen molar-refractivity contribution < 1.29 is 4.74 Å². The van der Waals surface area contributed by atoms with E-state index in [9.17, 15) is 0 Å². The van der Waals surface area contributed by atoms with Crippen LogP contribution in [0.3, 0.4) is 0 Å². The summed E-state index contributed by atoms with van der Waals surface area (Å²) in [5.74, 6) is 0.817. The summed E-state index contributed by atoms with van der Waals surface area (Å²) in [7, 11) is 1.68. The van der Waals surface area contributed by atoms with Gasteiger partial charge in [-0.3, -0.25) is 4.98 Å². The summed E-state index contributed by atoms with van der Waals surface area (Å²) >= 11 is 5.88. The summed E-state index contributed by atoms with van der Waals surface area (Å²) in [5.41, 5.74) is 7.98. The van der Waals surface area contributed by atoms with Crippen molar-refractivity contribution in [1.29, 1.82) is 0 Å². The van der Waals surface area contributed by atoms with Gasteiger partial charge in [0.15, 0.2) is 5.11 Å². The van der Waals surface area contributed by atoms with Crippen LogP contribution in [0.25, 0.3) is 5.69 Å². The highest BCUT2D eigenvalue weighted by Gasteiger charge is 2.42. The zero-order valence-electron chi connectivity index (χ0n) is 19.8. The Morgan fingerprint density at radius 2 is 1.71 bits per heavy atom. The Morgan fingerprint density at radius 3 is 2.38 bits per heavy atom. The van der Waals surface area contributed by atoms with Gasteiger partial charge in [-0.15, -0.1) is 0 Å². The normalized spacial score (nSPS) is 17.6. The van der Waals surface area contributed by atoms with E-state index in [0.717, 1.165) is 17.1 Å². The Hall–Kier alpha value is -3.64. The molecule has 0 radical (unpaired) electrons. The molecule has 2 aromatic heterocycles. The van der Waals surface area contributed by atoms with E-state index in [4.69, 9.17) is 17.0 Å². The Balaban J connectivity index is 1.67. The molecular formula is C28H28N4OS. The molecule has 4 aromatic rings. The van der Waals surface area contributed by atoms with Crippen LogP contribution in [0, 0.1) is 20.8 Å². The van der Waals surface area contributed by atoms with E-state index < -0.39 is 0 Å². The van der Waals surface area contributed by atoms with Crippen LogP contribution < -0.4 is 15.0 Å². The molecule has 2 aromatic carbocycles. The lowest BCUT2D eigenvalue weighted by atomic mass is 9.96. The molecule has 1 fully saturated rings. The number of hydrogen-bond donors (Lipinski definition) is 1. The third-order valence-corrected chi connectivity index (χ3v) is 6.81. The zero-order chi connectivity index (χ0) is 23.8. The average Bonchev–Trinajstić information content (AvgIpc) is 3.34. The molecule has 0 saturated carbocycles. The summed E-state index contributed by atoms with van der Waals surface area (Å²) in [6, 6.07) is 24.8. The van der Waals surface area contributed by atoms with E-state index in [1.165, 1.54) is 28.2 Å². The lowest BCUT2D eigenvalue weighted by molar-refractivity contribution is 0.415. The van der Waals surface area contributed by atoms with E-state index in [1.807, 2.05) is 30.5 Å². The summed E-state index contributed by atoms with van der Waals surface area (Å²) in [4.78, 5) is 6.88. The van der Waals surface area contributed by atoms with Gasteiger partial charge in [0.1, 0.15) is 5.75 Å². The standard InChI is InChI=1S/C28H28N4OS/c1-18-8-7-9-22(16-18)31-19(2)17-24(20(31)3)27-26(25-10-5-6-15-29-25)30-28(34)32(27)21-11-13-23(33-4)14-12-21/h5-17,26-27H,1-4H3,(H,30,34)/t26-,27+/m1/s1. The lowest BCUT2D eigenvalue weighted by Crippen LogP contribution is -2.29. The van der Waals surface area contributed by atoms with Crippen molar-refractivity contribution in [3.05, 3.63) is 107 Å². The number of aromatic nitrogens is 2. The van der Waals surface area contributed by atoms with Gasteiger partial charge in [-0.05, 0) is 98.7 Å². The minimum atomic E-state index is -0.0812. The van der Waals surface area contributed by atoms with Crippen LogP contribution in [0.1, 0.15) is 40.3 Å². The highest BCUT2D eigenvalue weighted by molar-refractivity contribution is 7.80. The number of pyridine rings is 1. The Labute approximate surface area is 206 Å². The second kappa shape index (κ2) is 8.95. The van der Waals surface area contributed by atoms with Crippen molar-refractivity contribution in [1.82, 2.24) is 14.9 Å². The maximum atomic E-state index is 5.88. The molecule has 172 valence electrons. The number of thiocarbonyl (C=S) groups is 1. The van der Waals surface area contributed by atoms with Crippen molar-refractivity contribution in [2.75, 3.05) is 12.0 Å². The van der Waals surface area contributed by atoms with Gasteiger partial charge in [-0.25, -0.2) is 0 Å². The molecular weight excluding hydrogens is 440 g/mol. The predicted octanol–water partition coefficient (Wildman–Crippen LogP) is 5.98. The number of anilines is 1. The smallest absolute Gasteiger partial charge is 0.174 e. The molecule has 5 rings (SSSR count). The van der Waals surface area contributed by atoms with E-state index in [2.05, 4.69) is 89.1 Å². The van der Waals surface area contributed by atoms with Gasteiger partial charge >= 0.3 is 0 Å². The number of nitrogens with zero attached hydrogens (tertiary/aromatic N) is 3. The number of hydrogen-bond acceptors (Lipinski definition) is 3. The molecule has 0 spiro atoms. The largest absolute Gasteiger partial charge is 0.497 e. The minimum absolute atomic E-state index is 0.0550. The number of methoxy groups -OCH3 is 1. The van der Waals surface area contributed by atoms with E-state index in [-0.39, 0.29) is 12.1 Å². The Morgan fingerprint density at radius 1 is 0.912 bits per heavy atom. The van der Waals surface area contributed by atoms with Crippen molar-refractivity contribution in [3.63, 3.8) is 0 Å². The fourth-order valence-electron chi connectivity index (χ4n) is 4.94. The molecule has 0 bridgehead atoms. The van der Waals surface area contributed by atoms with Gasteiger partial charge in [0, 0.05) is 29.0 Å². The van der Waals surface area contributed by atoms with Gasteiger partial charge in [0.2, 0.25) is 0 Å². The molecule has 1 saturated heterocycles. The molecule has 1 aliphatic rings. The van der Waals surface area contributed by atoms with E-state index in [0.29, 0.717) is 5.11 Å². The van der Waals surface area contributed by atoms with Gasteiger partial charge < -0.3 is 19.5 Å². The fraction of sp³-hybridized carbons (Fsp3) is 0.214. The molecule has 6 heteroatoms. The number of nitrogens with one attached hydrogen (secondary N) is 1. The first-order valence-corrected chi connectivity index (χ1v) is 11.8. The zero-order valence-corrected chi connectivity index (χ0v) is 20.6. The third-order valence-electron chi connectivity index (χ3n) is 6.50. The van der Waals surface area contributed by atoms with E-state index in [1.54, 1.807) is 7.11 Å². The molecule has 5 nitrogen and oxygen atoms in total. The van der Waals surface area contributed by atoms with Gasteiger partial charge in [-0.1, -0.05) is 18.2 Å². The molecule has 3 heterocycles. The summed E-state index contributed by atoms with van der Waals surface area (Å²) in [6.07, 6.45) is 1.84. The van der Waals surface area contributed by atoms with Crippen LogP contribution in [0.15, 0.2) is 79.0 Å². The van der Waals surface area contributed by atoms with Crippen LogP contribution in [0.5, 0.6) is 5.75 Å². The van der Waals surface area contributed by atoms with Crippen LogP contribution in [-0.4, -0.2) is 21.8 Å². The number of rotatable bonds is 5. The summed E-state index contributed by atoms with van der Waals surface area (Å²) in [5, 5.41) is 4.24. The molecule has 1 aliphatic heterocycles. The third kappa shape index (κ3) is 3.84. The summed E-state index contributed by atoms with van der Waals surface area (Å²) in [6.45, 7) is 6.47. The van der Waals surface area contributed by atoms with Crippen molar-refractivity contribution >= 4 is 23.0 Å². The van der Waals surface area contributed by atoms with Crippen molar-refractivity contribution in [3.8, 4) is 11.4 Å². The maximum Gasteiger partial charge on any atom is 0.174 e. The second-order valence-electron chi connectivity index (χ2n) is 8.70. The van der Waals surface area contributed by atoms with Crippen LogP contribution in [0.2, 0.25) is 0 Å². The molecule has 2 atom stereocenters. The Kier molecular flexibility index (Phi) is 5.84. The van der Waals surface area contributed by atoms with Gasteiger partial charge in [0.05, 0.1) is 24.9 Å². The fourth-order valence-corrected chi connectivity index (χ4v) is 5.29. The first-order chi connectivity index (χ1) is 16.5.